The third-order valence-corrected chi connectivity index (χ3v) is 10.9. The number of carbonyl (C=O) groups is 2. The van der Waals surface area contributed by atoms with Crippen LogP contribution in [0.1, 0.15) is 87.4 Å². The molecule has 1 amide bonds. The van der Waals surface area contributed by atoms with Crippen LogP contribution in [0.4, 0.5) is 5.82 Å². The zero-order chi connectivity index (χ0) is 24.9. The molecule has 4 bridgehead atoms. The fourth-order valence-electron chi connectivity index (χ4n) is 8.11. The monoisotopic (exact) mass is 513 g/mol. The molecule has 6 aliphatic rings. The quantitative estimate of drug-likeness (QED) is 0.494. The number of aromatic nitrogens is 1. The lowest BCUT2D eigenvalue weighted by atomic mass is 9.52. The number of pyridine rings is 1. The molecule has 36 heavy (non-hydrogen) atoms. The van der Waals surface area contributed by atoms with Crippen LogP contribution in [0.2, 0.25) is 0 Å². The zero-order valence-electron chi connectivity index (χ0n) is 21.0. The van der Waals surface area contributed by atoms with Crippen molar-refractivity contribution in [2.45, 2.75) is 99.0 Å². The average Bonchev–Trinajstić information content (AvgIpc) is 3.29. The number of anilines is 1. The maximum Gasteiger partial charge on any atom is 0.303 e. The number of carboxylic acids is 1. The Hall–Kier alpha value is -1.80. The molecule has 0 radical (unpaired) electrons. The Morgan fingerprint density at radius 2 is 1.83 bits per heavy atom. The van der Waals surface area contributed by atoms with Gasteiger partial charge in [-0.2, -0.15) is 0 Å². The topological polar surface area (TPSA) is 103 Å². The SMILES string of the molecule is O=C(O)C[C@@H]1CCN(c2ccc(C(=O)NC3C4CC5CC3CC(O)(C5)C4)c(SC3CCCCC3)n2)C1. The molecule has 8 heteroatoms. The highest BCUT2D eigenvalue weighted by Gasteiger charge is 2.55. The smallest absolute Gasteiger partial charge is 0.303 e. The van der Waals surface area contributed by atoms with Gasteiger partial charge in [0, 0.05) is 30.8 Å². The van der Waals surface area contributed by atoms with E-state index in [0.717, 1.165) is 68.8 Å². The molecule has 3 N–H and O–H groups in total. The van der Waals surface area contributed by atoms with Gasteiger partial charge >= 0.3 is 5.97 Å². The van der Waals surface area contributed by atoms with Gasteiger partial charge in [-0.3, -0.25) is 9.59 Å². The van der Waals surface area contributed by atoms with Crippen LogP contribution in [0.5, 0.6) is 0 Å². The molecule has 7 nitrogen and oxygen atoms in total. The minimum absolute atomic E-state index is 0.0259. The fourth-order valence-corrected chi connectivity index (χ4v) is 9.43. The van der Waals surface area contributed by atoms with E-state index in [1.807, 2.05) is 12.1 Å². The second kappa shape index (κ2) is 9.82. The first-order valence-electron chi connectivity index (χ1n) is 14.0. The molecule has 1 saturated heterocycles. The van der Waals surface area contributed by atoms with Gasteiger partial charge in [0.2, 0.25) is 0 Å². The summed E-state index contributed by atoms with van der Waals surface area (Å²) in [6, 6.07) is 4.04. The molecule has 196 valence electrons. The summed E-state index contributed by atoms with van der Waals surface area (Å²) in [6.07, 6.45) is 12.0. The van der Waals surface area contributed by atoms with Crippen LogP contribution in [-0.2, 0) is 4.79 Å². The molecule has 6 fully saturated rings. The molecule has 5 aliphatic carbocycles. The van der Waals surface area contributed by atoms with Crippen molar-refractivity contribution in [1.29, 1.82) is 0 Å². The summed E-state index contributed by atoms with van der Waals surface area (Å²) in [6.45, 7) is 1.51. The molecular weight excluding hydrogens is 474 g/mol. The number of nitrogens with zero attached hydrogens (tertiary/aromatic N) is 2. The molecule has 1 aliphatic heterocycles. The highest BCUT2D eigenvalue weighted by Crippen LogP contribution is 2.55. The molecule has 0 spiro atoms. The number of rotatable bonds is 7. The number of nitrogens with one attached hydrogen (secondary N) is 1. The lowest BCUT2D eigenvalue weighted by Crippen LogP contribution is -2.61. The lowest BCUT2D eigenvalue weighted by molar-refractivity contribution is -0.138. The maximum absolute atomic E-state index is 13.7. The van der Waals surface area contributed by atoms with E-state index in [0.29, 0.717) is 35.1 Å². The van der Waals surface area contributed by atoms with E-state index in [1.165, 1.54) is 19.3 Å². The number of carbonyl (C=O) groups excluding carboxylic acids is 1. The van der Waals surface area contributed by atoms with Gasteiger partial charge in [0.1, 0.15) is 10.8 Å². The number of carboxylic acid groups (broad SMARTS) is 1. The Bertz CT molecular complexity index is 997. The normalized spacial score (nSPS) is 35.8. The third-order valence-electron chi connectivity index (χ3n) is 9.53. The summed E-state index contributed by atoms with van der Waals surface area (Å²) in [7, 11) is 0. The van der Waals surface area contributed by atoms with E-state index < -0.39 is 11.6 Å². The number of hydrogen-bond acceptors (Lipinski definition) is 6. The van der Waals surface area contributed by atoms with Crippen LogP contribution in [0.3, 0.4) is 0 Å². The van der Waals surface area contributed by atoms with Crippen LogP contribution < -0.4 is 10.2 Å². The van der Waals surface area contributed by atoms with Gasteiger partial charge in [-0.25, -0.2) is 4.98 Å². The Morgan fingerprint density at radius 1 is 1.08 bits per heavy atom. The standard InChI is InChI=1S/C28H39N3O4S/c32-24(33)12-17-8-9-31(16-17)23-7-6-22(27(29-23)36-21-4-2-1-3-5-21)26(34)30-25-19-10-18-11-20(25)15-28(35,13-18)14-19/h6-7,17-21,25,35H,1-5,8-16H2,(H,30,34)(H,32,33)/t17-,18?,19?,20?,25?,28?/m0/s1. The molecule has 2 heterocycles. The molecule has 1 aromatic rings. The number of aliphatic carboxylic acids is 1. The molecule has 2 unspecified atom stereocenters. The van der Waals surface area contributed by atoms with E-state index in [-0.39, 0.29) is 24.3 Å². The highest BCUT2D eigenvalue weighted by atomic mass is 32.2. The minimum Gasteiger partial charge on any atom is -0.481 e. The van der Waals surface area contributed by atoms with Crippen LogP contribution in [-0.4, -0.2) is 57.1 Å². The second-order valence-corrected chi connectivity index (χ2v) is 13.6. The Kier molecular flexibility index (Phi) is 6.69. The Labute approximate surface area is 217 Å². The van der Waals surface area contributed by atoms with Gasteiger partial charge in [0.05, 0.1) is 11.2 Å². The van der Waals surface area contributed by atoms with Gasteiger partial charge in [0.25, 0.3) is 5.91 Å². The highest BCUT2D eigenvalue weighted by molar-refractivity contribution is 7.99. The molecule has 3 atom stereocenters. The average molecular weight is 514 g/mol. The zero-order valence-corrected chi connectivity index (χ0v) is 21.8. The summed E-state index contributed by atoms with van der Waals surface area (Å²) in [5, 5.41) is 24.8. The van der Waals surface area contributed by atoms with Crippen LogP contribution in [0, 0.1) is 23.7 Å². The summed E-state index contributed by atoms with van der Waals surface area (Å²) < 4.78 is 0. The number of hydrogen-bond donors (Lipinski definition) is 3. The fraction of sp³-hybridized carbons (Fsp3) is 0.750. The number of thioether (sulfide) groups is 1. The van der Waals surface area contributed by atoms with E-state index in [2.05, 4.69) is 10.2 Å². The third kappa shape index (κ3) is 5.00. The second-order valence-electron chi connectivity index (χ2n) is 12.3. The van der Waals surface area contributed by atoms with Gasteiger partial charge in [-0.1, -0.05) is 19.3 Å². The minimum atomic E-state index is -0.743. The van der Waals surface area contributed by atoms with Gasteiger partial charge in [0.15, 0.2) is 0 Å². The molecule has 1 aromatic heterocycles. The number of aliphatic hydroxyl groups is 1. The molecule has 5 saturated carbocycles. The van der Waals surface area contributed by atoms with Crippen molar-refractivity contribution in [3.8, 4) is 0 Å². The summed E-state index contributed by atoms with van der Waals surface area (Å²) in [5.74, 6) is 1.60. The van der Waals surface area contributed by atoms with Crippen molar-refractivity contribution < 1.29 is 19.8 Å². The first-order chi connectivity index (χ1) is 17.3. The summed E-state index contributed by atoms with van der Waals surface area (Å²) >= 11 is 1.76. The first kappa shape index (κ1) is 24.5. The van der Waals surface area contributed by atoms with E-state index >= 15 is 0 Å². The van der Waals surface area contributed by atoms with Gasteiger partial charge in [-0.05, 0) is 87.2 Å². The van der Waals surface area contributed by atoms with Crippen molar-refractivity contribution >= 4 is 29.5 Å². The van der Waals surface area contributed by atoms with E-state index in [4.69, 9.17) is 4.98 Å². The lowest BCUT2D eigenvalue weighted by Gasteiger charge is -2.58. The predicted octanol–water partition coefficient (Wildman–Crippen LogP) is 4.48. The Balaban J connectivity index is 1.21. The van der Waals surface area contributed by atoms with E-state index in [1.54, 1.807) is 11.8 Å². The first-order valence-corrected chi connectivity index (χ1v) is 14.9. The number of amides is 1. The van der Waals surface area contributed by atoms with Crippen LogP contribution in [0.15, 0.2) is 17.2 Å². The van der Waals surface area contributed by atoms with Gasteiger partial charge < -0.3 is 20.4 Å². The molecular formula is C28H39N3O4S. The molecule has 7 rings (SSSR count). The van der Waals surface area contributed by atoms with Crippen molar-refractivity contribution in [3.05, 3.63) is 17.7 Å². The predicted molar refractivity (Wildman–Crippen MR) is 139 cm³/mol. The van der Waals surface area contributed by atoms with Crippen molar-refractivity contribution in [1.82, 2.24) is 10.3 Å². The van der Waals surface area contributed by atoms with Crippen molar-refractivity contribution in [2.75, 3.05) is 18.0 Å². The van der Waals surface area contributed by atoms with Crippen molar-refractivity contribution in [2.24, 2.45) is 23.7 Å². The van der Waals surface area contributed by atoms with E-state index in [9.17, 15) is 19.8 Å². The summed E-state index contributed by atoms with van der Waals surface area (Å²) in [4.78, 5) is 32.0. The van der Waals surface area contributed by atoms with Crippen LogP contribution in [0.25, 0.3) is 0 Å². The van der Waals surface area contributed by atoms with Gasteiger partial charge in [-0.15, -0.1) is 11.8 Å². The molecule has 0 aromatic carbocycles. The largest absolute Gasteiger partial charge is 0.481 e. The maximum atomic E-state index is 13.7. The van der Waals surface area contributed by atoms with Crippen LogP contribution >= 0.6 is 11.8 Å². The van der Waals surface area contributed by atoms with Crippen molar-refractivity contribution in [3.63, 3.8) is 0 Å². The Morgan fingerprint density at radius 3 is 2.53 bits per heavy atom. The summed E-state index contributed by atoms with van der Waals surface area (Å²) in [5.41, 5.74) is 0.167.